The lowest BCUT2D eigenvalue weighted by Gasteiger charge is -2.34. The van der Waals surface area contributed by atoms with Crippen LogP contribution in [0.15, 0.2) is 15.6 Å². The molecule has 1 aromatic rings. The predicted molar refractivity (Wildman–Crippen MR) is 126 cm³/mol. The molecule has 0 amide bonds. The van der Waals surface area contributed by atoms with Gasteiger partial charge in [0.1, 0.15) is 6.54 Å². The molecule has 3 N–H and O–H groups in total. The number of aromatic nitrogens is 1. The Kier molecular flexibility index (Phi) is 12.1. The fraction of sp³-hybridized carbons (Fsp3) is 0.800. The van der Waals surface area contributed by atoms with Gasteiger partial charge in [0, 0.05) is 44.7 Å². The van der Waals surface area contributed by atoms with Crippen LogP contribution in [-0.4, -0.2) is 72.7 Å². The Morgan fingerprint density at radius 3 is 2.59 bits per heavy atom. The fourth-order valence-electron chi connectivity index (χ4n) is 3.37. The number of hydrogen-bond acceptors (Lipinski definition) is 6. The summed E-state index contributed by atoms with van der Waals surface area (Å²) in [4.78, 5) is 6.80. The third kappa shape index (κ3) is 9.18. The molecule has 0 saturated carbocycles. The molecule has 1 aliphatic heterocycles. The van der Waals surface area contributed by atoms with Crippen LogP contribution < -0.4 is 10.6 Å². The average molecular weight is 523 g/mol. The minimum Gasteiger partial charge on any atom is -0.387 e. The second-order valence-corrected chi connectivity index (χ2v) is 7.67. The molecule has 2 heterocycles. The minimum absolute atomic E-state index is 0. The summed E-state index contributed by atoms with van der Waals surface area (Å²) in [7, 11) is 0. The first-order valence-electron chi connectivity index (χ1n) is 10.5. The summed E-state index contributed by atoms with van der Waals surface area (Å²) in [6.07, 6.45) is 2.10. The van der Waals surface area contributed by atoms with Gasteiger partial charge in [-0.05, 0) is 26.7 Å². The van der Waals surface area contributed by atoms with Gasteiger partial charge < -0.3 is 25.0 Å². The van der Waals surface area contributed by atoms with E-state index in [0.717, 1.165) is 57.1 Å². The molecule has 0 aromatic carbocycles. The highest BCUT2D eigenvalue weighted by Crippen LogP contribution is 2.22. The Morgan fingerprint density at radius 2 is 1.97 bits per heavy atom. The molecule has 1 unspecified atom stereocenters. The lowest BCUT2D eigenvalue weighted by atomic mass is 9.99. The van der Waals surface area contributed by atoms with Crippen LogP contribution in [0.1, 0.15) is 57.9 Å². The van der Waals surface area contributed by atoms with Crippen LogP contribution in [0.3, 0.4) is 0 Å². The normalized spacial score (nSPS) is 17.7. The summed E-state index contributed by atoms with van der Waals surface area (Å²) in [5.74, 6) is 1.84. The van der Waals surface area contributed by atoms with Gasteiger partial charge in [-0.3, -0.25) is 4.90 Å². The highest BCUT2D eigenvalue weighted by molar-refractivity contribution is 14.0. The smallest absolute Gasteiger partial charge is 0.191 e. The second-order valence-electron chi connectivity index (χ2n) is 7.67. The quantitative estimate of drug-likeness (QED) is 0.246. The van der Waals surface area contributed by atoms with Crippen molar-refractivity contribution in [1.29, 1.82) is 0 Å². The molecule has 1 fully saturated rings. The number of nitrogens with zero attached hydrogens (tertiary/aromatic N) is 3. The Bertz CT molecular complexity index is 599. The molecule has 0 aliphatic carbocycles. The number of hydrogen-bond donors (Lipinski definition) is 3. The van der Waals surface area contributed by atoms with E-state index < -0.39 is 5.60 Å². The number of halogens is 1. The third-order valence-electron chi connectivity index (χ3n) is 5.02. The molecule has 0 bridgehead atoms. The van der Waals surface area contributed by atoms with Crippen LogP contribution in [0, 0.1) is 0 Å². The fourth-order valence-corrected chi connectivity index (χ4v) is 3.37. The number of nitrogens with one attached hydrogen (secondary N) is 2. The number of ether oxygens (including phenoxy) is 1. The van der Waals surface area contributed by atoms with Crippen molar-refractivity contribution in [2.45, 2.75) is 58.6 Å². The molecule has 1 aromatic heterocycles. The number of aliphatic imine (C=N–C) groups is 1. The second kappa shape index (κ2) is 13.4. The van der Waals surface area contributed by atoms with E-state index in [1.54, 1.807) is 0 Å². The van der Waals surface area contributed by atoms with Crippen molar-refractivity contribution in [2.75, 3.05) is 45.9 Å². The Morgan fingerprint density at radius 1 is 1.28 bits per heavy atom. The van der Waals surface area contributed by atoms with Crippen LogP contribution in [0.2, 0.25) is 0 Å². The van der Waals surface area contributed by atoms with Gasteiger partial charge in [0.15, 0.2) is 11.7 Å². The van der Waals surface area contributed by atoms with E-state index in [4.69, 9.17) is 9.26 Å². The van der Waals surface area contributed by atoms with Crippen molar-refractivity contribution in [3.8, 4) is 0 Å². The highest BCUT2D eigenvalue weighted by atomic mass is 127. The average Bonchev–Trinajstić information content (AvgIpc) is 3.14. The predicted octanol–water partition coefficient (Wildman–Crippen LogP) is 2.33. The monoisotopic (exact) mass is 523 g/mol. The Balaban J connectivity index is 0.00000420. The van der Waals surface area contributed by atoms with Crippen molar-refractivity contribution in [1.82, 2.24) is 20.7 Å². The zero-order valence-corrected chi connectivity index (χ0v) is 20.6. The van der Waals surface area contributed by atoms with Gasteiger partial charge in [-0.1, -0.05) is 19.0 Å². The first kappa shape index (κ1) is 26.1. The summed E-state index contributed by atoms with van der Waals surface area (Å²) < 4.78 is 10.8. The van der Waals surface area contributed by atoms with Crippen molar-refractivity contribution in [2.24, 2.45) is 4.99 Å². The molecule has 0 radical (unpaired) electrons. The van der Waals surface area contributed by atoms with E-state index in [0.29, 0.717) is 31.5 Å². The minimum atomic E-state index is -0.859. The number of rotatable bonds is 10. The summed E-state index contributed by atoms with van der Waals surface area (Å²) in [6, 6.07) is 2.00. The SMILES string of the molecule is CCNC(=NCc1cc(C(CC)CC)no1)NCC(C)(O)CN1CCOCC1.I. The summed E-state index contributed by atoms with van der Waals surface area (Å²) >= 11 is 0. The van der Waals surface area contributed by atoms with Gasteiger partial charge in [0.2, 0.25) is 0 Å². The topological polar surface area (TPSA) is 95.2 Å². The van der Waals surface area contributed by atoms with E-state index in [2.05, 4.69) is 39.5 Å². The van der Waals surface area contributed by atoms with Crippen molar-refractivity contribution < 1.29 is 14.4 Å². The maximum atomic E-state index is 10.7. The van der Waals surface area contributed by atoms with Crippen molar-refractivity contribution >= 4 is 29.9 Å². The van der Waals surface area contributed by atoms with Crippen LogP contribution in [0.4, 0.5) is 0 Å². The van der Waals surface area contributed by atoms with E-state index in [1.807, 2.05) is 19.9 Å². The van der Waals surface area contributed by atoms with Crippen LogP contribution in [0.5, 0.6) is 0 Å². The van der Waals surface area contributed by atoms with Crippen LogP contribution in [-0.2, 0) is 11.3 Å². The molecule has 9 heteroatoms. The lowest BCUT2D eigenvalue weighted by Crippen LogP contribution is -2.52. The van der Waals surface area contributed by atoms with Gasteiger partial charge >= 0.3 is 0 Å². The Labute approximate surface area is 191 Å². The maximum absolute atomic E-state index is 10.7. The lowest BCUT2D eigenvalue weighted by molar-refractivity contribution is -0.0201. The van der Waals surface area contributed by atoms with Crippen LogP contribution in [0.25, 0.3) is 0 Å². The first-order chi connectivity index (χ1) is 13.5. The van der Waals surface area contributed by atoms with Crippen LogP contribution >= 0.6 is 24.0 Å². The van der Waals surface area contributed by atoms with E-state index in [1.165, 1.54) is 0 Å². The summed E-state index contributed by atoms with van der Waals surface area (Å²) in [5.41, 5.74) is 0.143. The number of β-amino-alcohol motifs (C(OH)–C–C–N with tert-alkyl or cyclic N) is 1. The number of aliphatic hydroxyl groups is 1. The van der Waals surface area contributed by atoms with Gasteiger partial charge in [-0.15, -0.1) is 24.0 Å². The zero-order chi connectivity index (χ0) is 20.4. The standard InChI is InChI=1S/C20H37N5O3.HI/c1-5-16(6-2)18-12-17(28-24-18)13-22-19(21-7-3)23-14-20(4,26)15-25-8-10-27-11-9-25;/h12,16,26H,5-11,13-15H2,1-4H3,(H2,21,22,23);1H. The van der Waals surface area contributed by atoms with Gasteiger partial charge in [-0.2, -0.15) is 0 Å². The molecule has 1 saturated heterocycles. The molecule has 1 atom stereocenters. The van der Waals surface area contributed by atoms with E-state index >= 15 is 0 Å². The molecule has 29 heavy (non-hydrogen) atoms. The molecular formula is C20H38IN5O3. The van der Waals surface area contributed by atoms with E-state index in [9.17, 15) is 5.11 Å². The molecule has 2 rings (SSSR count). The largest absolute Gasteiger partial charge is 0.387 e. The number of morpholine rings is 1. The molecular weight excluding hydrogens is 485 g/mol. The maximum Gasteiger partial charge on any atom is 0.191 e. The van der Waals surface area contributed by atoms with Crippen molar-refractivity contribution in [3.63, 3.8) is 0 Å². The molecule has 1 aliphatic rings. The molecule has 168 valence electrons. The number of guanidine groups is 1. The summed E-state index contributed by atoms with van der Waals surface area (Å²) in [5, 5.41) is 21.4. The molecule has 0 spiro atoms. The highest BCUT2D eigenvalue weighted by Gasteiger charge is 2.25. The Hall–Kier alpha value is -0.910. The zero-order valence-electron chi connectivity index (χ0n) is 18.2. The molecule has 8 nitrogen and oxygen atoms in total. The van der Waals surface area contributed by atoms with Gasteiger partial charge in [-0.25, -0.2) is 4.99 Å². The van der Waals surface area contributed by atoms with Gasteiger partial charge in [0.25, 0.3) is 0 Å². The first-order valence-corrected chi connectivity index (χ1v) is 10.5. The van der Waals surface area contributed by atoms with Crippen molar-refractivity contribution in [3.05, 3.63) is 17.5 Å². The van der Waals surface area contributed by atoms with Gasteiger partial charge in [0.05, 0.1) is 24.5 Å². The van der Waals surface area contributed by atoms with E-state index in [-0.39, 0.29) is 24.0 Å². The summed E-state index contributed by atoms with van der Waals surface area (Å²) in [6.45, 7) is 13.5. The third-order valence-corrected chi connectivity index (χ3v) is 5.02.